The second-order valence-electron chi connectivity index (χ2n) is 6.62. The maximum Gasteiger partial charge on any atom is 0.255 e. The predicted octanol–water partition coefficient (Wildman–Crippen LogP) is 2.71. The van der Waals surface area contributed by atoms with Crippen molar-refractivity contribution in [2.75, 3.05) is 36.4 Å². The minimum absolute atomic E-state index is 0. The first-order valence-electron chi connectivity index (χ1n) is 8.67. The van der Waals surface area contributed by atoms with Crippen molar-refractivity contribution < 1.29 is 13.6 Å². The molecule has 0 saturated carbocycles. The Morgan fingerprint density at radius 1 is 1.04 bits per heavy atom. The maximum absolute atomic E-state index is 13.3. The molecule has 2 aromatic rings. The van der Waals surface area contributed by atoms with Crippen LogP contribution < -0.4 is 10.2 Å². The summed E-state index contributed by atoms with van der Waals surface area (Å²) in [5.41, 5.74) is 0.442. The minimum atomic E-state index is -1.06. The van der Waals surface area contributed by atoms with Gasteiger partial charge in [0.15, 0.2) is 11.6 Å². The average molecular weight is 396 g/mol. The van der Waals surface area contributed by atoms with E-state index >= 15 is 0 Å². The number of nitrogens with zero attached hydrogens (tertiary/aromatic N) is 4. The molecule has 3 aliphatic rings. The molecule has 3 saturated heterocycles. The van der Waals surface area contributed by atoms with Gasteiger partial charge in [-0.2, -0.15) is 0 Å². The summed E-state index contributed by atoms with van der Waals surface area (Å²) in [6, 6.07) is 3.47. The lowest BCUT2D eigenvalue weighted by atomic mass is 10.1. The number of hydrogen-bond acceptors (Lipinski definition) is 5. The number of rotatable bonds is 3. The first kappa shape index (κ1) is 19.4. The van der Waals surface area contributed by atoms with E-state index in [1.807, 2.05) is 0 Å². The SMILES string of the molecule is Cl.O=C(Nc1cnc(N2CCN3CCC2CC3)nc1)c1ccc(F)c(F)c1. The van der Waals surface area contributed by atoms with Crippen LogP contribution in [0, 0.1) is 11.6 Å². The summed E-state index contributed by atoms with van der Waals surface area (Å²) < 4.78 is 26.2. The van der Waals surface area contributed by atoms with Crippen molar-refractivity contribution in [1.82, 2.24) is 14.9 Å². The molecule has 9 heteroatoms. The van der Waals surface area contributed by atoms with Crippen molar-refractivity contribution in [2.45, 2.75) is 18.9 Å². The van der Waals surface area contributed by atoms with Crippen LogP contribution >= 0.6 is 12.4 Å². The van der Waals surface area contributed by atoms with Crippen LogP contribution in [0.25, 0.3) is 0 Å². The lowest BCUT2D eigenvalue weighted by Crippen LogP contribution is -2.38. The van der Waals surface area contributed by atoms with Crippen molar-refractivity contribution in [2.24, 2.45) is 0 Å². The maximum atomic E-state index is 13.3. The number of hydrogen-bond donors (Lipinski definition) is 1. The van der Waals surface area contributed by atoms with Gasteiger partial charge in [0, 0.05) is 37.8 Å². The second kappa shape index (κ2) is 8.14. The van der Waals surface area contributed by atoms with Gasteiger partial charge in [0.05, 0.1) is 18.1 Å². The molecule has 0 radical (unpaired) electrons. The Balaban J connectivity index is 0.00000210. The van der Waals surface area contributed by atoms with Gasteiger partial charge in [0.25, 0.3) is 5.91 Å². The van der Waals surface area contributed by atoms with E-state index in [1.54, 1.807) is 0 Å². The van der Waals surface area contributed by atoms with Crippen LogP contribution in [0.1, 0.15) is 23.2 Å². The zero-order valence-corrected chi connectivity index (χ0v) is 15.4. The number of piperidine rings is 1. The molecule has 0 unspecified atom stereocenters. The molecule has 144 valence electrons. The van der Waals surface area contributed by atoms with Crippen LogP contribution in [0.2, 0.25) is 0 Å². The van der Waals surface area contributed by atoms with Crippen molar-refractivity contribution in [3.05, 3.63) is 47.8 Å². The largest absolute Gasteiger partial charge is 0.336 e. The Labute approximate surface area is 162 Å². The van der Waals surface area contributed by atoms with Gasteiger partial charge in [0.2, 0.25) is 5.95 Å². The van der Waals surface area contributed by atoms with E-state index in [0.29, 0.717) is 17.7 Å². The Morgan fingerprint density at radius 3 is 2.41 bits per heavy atom. The zero-order chi connectivity index (χ0) is 18.1. The molecular weight excluding hydrogens is 376 g/mol. The van der Waals surface area contributed by atoms with E-state index in [2.05, 4.69) is 25.1 Å². The minimum Gasteiger partial charge on any atom is -0.336 e. The van der Waals surface area contributed by atoms with Gasteiger partial charge in [-0.1, -0.05) is 0 Å². The van der Waals surface area contributed by atoms with Crippen LogP contribution in [0.4, 0.5) is 20.4 Å². The molecule has 3 fully saturated rings. The first-order chi connectivity index (χ1) is 12.6. The summed E-state index contributed by atoms with van der Waals surface area (Å²) in [6.45, 7) is 4.13. The highest BCUT2D eigenvalue weighted by atomic mass is 35.5. The third kappa shape index (κ3) is 4.17. The van der Waals surface area contributed by atoms with E-state index in [4.69, 9.17) is 0 Å². The molecular formula is C18H20ClF2N5O. The normalized spacial score (nSPS) is 21.3. The third-order valence-corrected chi connectivity index (χ3v) is 4.99. The number of aromatic nitrogens is 2. The van der Waals surface area contributed by atoms with Crippen molar-refractivity contribution in [3.8, 4) is 0 Å². The number of nitrogens with one attached hydrogen (secondary N) is 1. The standard InChI is InChI=1S/C18H19F2N5O.ClH/c19-15-2-1-12(9-16(15)20)17(26)23-13-10-21-18(22-11-13)25-8-7-24-5-3-14(25)4-6-24;/h1-2,9-11,14H,3-8H2,(H,23,26);1H. The molecule has 5 rings (SSSR count). The number of halogens is 3. The van der Waals surface area contributed by atoms with Crippen molar-refractivity contribution >= 4 is 29.9 Å². The highest BCUT2D eigenvalue weighted by molar-refractivity contribution is 6.04. The van der Waals surface area contributed by atoms with E-state index in [9.17, 15) is 13.6 Å². The molecule has 2 bridgehead atoms. The van der Waals surface area contributed by atoms with Crippen molar-refractivity contribution in [3.63, 3.8) is 0 Å². The molecule has 4 heterocycles. The van der Waals surface area contributed by atoms with Gasteiger partial charge in [-0.05, 0) is 31.0 Å². The molecule has 1 N–H and O–H groups in total. The summed E-state index contributed by atoms with van der Waals surface area (Å²) in [5, 5.41) is 2.60. The topological polar surface area (TPSA) is 61.4 Å². The number of anilines is 2. The Kier molecular flexibility index (Phi) is 5.86. The van der Waals surface area contributed by atoms with Crippen molar-refractivity contribution in [1.29, 1.82) is 0 Å². The second-order valence-corrected chi connectivity index (χ2v) is 6.62. The number of fused-ring (bicyclic) bond motifs is 4. The molecule has 0 atom stereocenters. The van der Waals surface area contributed by atoms with Gasteiger partial charge in [-0.25, -0.2) is 18.7 Å². The fraction of sp³-hybridized carbons (Fsp3) is 0.389. The molecule has 1 aromatic heterocycles. The van der Waals surface area contributed by atoms with E-state index in [1.165, 1.54) is 18.5 Å². The van der Waals surface area contributed by atoms with Gasteiger partial charge in [-0.15, -0.1) is 12.4 Å². The average Bonchev–Trinajstić information content (AvgIpc) is 2.98. The van der Waals surface area contributed by atoms with E-state index < -0.39 is 17.5 Å². The van der Waals surface area contributed by atoms with Crippen LogP contribution in [0.5, 0.6) is 0 Å². The summed E-state index contributed by atoms with van der Waals surface area (Å²) >= 11 is 0. The number of benzene rings is 1. The quantitative estimate of drug-likeness (QED) is 0.865. The molecule has 6 nitrogen and oxygen atoms in total. The van der Waals surface area contributed by atoms with E-state index in [0.717, 1.165) is 51.2 Å². The summed E-state index contributed by atoms with van der Waals surface area (Å²) in [6.07, 6.45) is 5.30. The molecule has 1 aromatic carbocycles. The molecule has 27 heavy (non-hydrogen) atoms. The smallest absolute Gasteiger partial charge is 0.255 e. The monoisotopic (exact) mass is 395 g/mol. The van der Waals surface area contributed by atoms with Gasteiger partial charge in [0.1, 0.15) is 0 Å². The van der Waals surface area contributed by atoms with Crippen LogP contribution in [0.3, 0.4) is 0 Å². The summed E-state index contributed by atoms with van der Waals surface area (Å²) in [4.78, 5) is 25.6. The first-order valence-corrected chi connectivity index (χ1v) is 8.67. The van der Waals surface area contributed by atoms with E-state index in [-0.39, 0.29) is 18.0 Å². The summed E-state index contributed by atoms with van der Waals surface area (Å²) in [7, 11) is 0. The summed E-state index contributed by atoms with van der Waals surface area (Å²) in [5.74, 6) is -1.93. The van der Waals surface area contributed by atoms with Crippen LogP contribution in [-0.2, 0) is 0 Å². The lowest BCUT2D eigenvalue weighted by molar-refractivity contribution is 0.102. The lowest BCUT2D eigenvalue weighted by Gasteiger charge is -2.31. The Bertz CT molecular complexity index is 812. The predicted molar refractivity (Wildman–Crippen MR) is 100 cm³/mol. The van der Waals surface area contributed by atoms with Gasteiger partial charge < -0.3 is 15.1 Å². The molecule has 3 aliphatic heterocycles. The highest BCUT2D eigenvalue weighted by Crippen LogP contribution is 2.24. The number of carbonyl (C=O) groups is 1. The van der Waals surface area contributed by atoms with Gasteiger partial charge in [-0.3, -0.25) is 4.79 Å². The zero-order valence-electron chi connectivity index (χ0n) is 14.6. The molecule has 0 spiro atoms. The van der Waals surface area contributed by atoms with Gasteiger partial charge >= 0.3 is 0 Å². The highest BCUT2D eigenvalue weighted by Gasteiger charge is 2.30. The molecule has 0 aliphatic carbocycles. The fourth-order valence-corrected chi connectivity index (χ4v) is 3.52. The molecule has 1 amide bonds. The third-order valence-electron chi connectivity index (χ3n) is 4.99. The fourth-order valence-electron chi connectivity index (χ4n) is 3.52. The number of carbonyl (C=O) groups excluding carboxylic acids is 1. The number of amides is 1. The Hall–Kier alpha value is -2.32. The van der Waals surface area contributed by atoms with Crippen LogP contribution in [0.15, 0.2) is 30.6 Å². The Morgan fingerprint density at radius 2 is 1.74 bits per heavy atom. The van der Waals surface area contributed by atoms with Crippen LogP contribution in [-0.4, -0.2) is 53.0 Å².